The van der Waals surface area contributed by atoms with Crippen LogP contribution in [-0.2, 0) is 18.7 Å². The van der Waals surface area contributed by atoms with Gasteiger partial charge in [-0.1, -0.05) is 20.8 Å². The van der Waals surface area contributed by atoms with E-state index in [2.05, 4.69) is 33.9 Å². The summed E-state index contributed by atoms with van der Waals surface area (Å²) in [6.45, 7) is 15.3. The molecule has 1 aliphatic heterocycles. The highest BCUT2D eigenvalue weighted by Gasteiger charge is 2.47. The maximum Gasteiger partial charge on any atom is 0.192 e. The Kier molecular flexibility index (Phi) is 4.26. The summed E-state index contributed by atoms with van der Waals surface area (Å²) < 4.78 is 17.7. The van der Waals surface area contributed by atoms with E-state index in [4.69, 9.17) is 13.9 Å². The van der Waals surface area contributed by atoms with Gasteiger partial charge in [-0.15, -0.1) is 0 Å². The maximum atomic E-state index is 12.2. The molecule has 21 heavy (non-hydrogen) atoms. The maximum absolute atomic E-state index is 12.2. The lowest BCUT2D eigenvalue weighted by Crippen LogP contribution is -2.42. The molecule has 0 aromatic rings. The van der Waals surface area contributed by atoms with Gasteiger partial charge in [0.05, 0.1) is 12.7 Å². The zero-order valence-electron chi connectivity index (χ0n) is 14.3. The molecule has 1 fully saturated rings. The molecule has 0 unspecified atom stereocenters. The average Bonchev–Trinajstić information content (AvgIpc) is 2.60. The molecule has 120 valence electrons. The van der Waals surface area contributed by atoms with Crippen LogP contribution in [-0.4, -0.2) is 38.7 Å². The highest BCUT2D eigenvalue weighted by atomic mass is 28.4. The van der Waals surface area contributed by atoms with Gasteiger partial charge in [0.1, 0.15) is 6.10 Å². The van der Waals surface area contributed by atoms with Gasteiger partial charge in [0, 0.05) is 6.42 Å². The van der Waals surface area contributed by atoms with Crippen LogP contribution >= 0.6 is 0 Å². The van der Waals surface area contributed by atoms with E-state index in [1.807, 2.05) is 13.8 Å². The molecule has 1 heterocycles. The molecule has 4 nitrogen and oxygen atoms in total. The van der Waals surface area contributed by atoms with Gasteiger partial charge in [-0.05, 0) is 43.6 Å². The van der Waals surface area contributed by atoms with Crippen molar-refractivity contribution < 1.29 is 18.7 Å². The number of ketones is 1. The topological polar surface area (TPSA) is 44.8 Å². The van der Waals surface area contributed by atoms with Crippen LogP contribution in [0.2, 0.25) is 18.1 Å². The molecule has 2 aliphatic rings. The first-order chi connectivity index (χ1) is 9.41. The third-order valence-corrected chi connectivity index (χ3v) is 9.18. The zero-order chi connectivity index (χ0) is 16.1. The molecule has 0 saturated carbocycles. The minimum atomic E-state index is -1.80. The Morgan fingerprint density at radius 3 is 2.52 bits per heavy atom. The van der Waals surface area contributed by atoms with E-state index in [0.29, 0.717) is 13.0 Å². The molecule has 0 N–H and O–H groups in total. The largest absolute Gasteiger partial charge is 0.413 e. The molecule has 0 amide bonds. The Labute approximate surface area is 129 Å². The van der Waals surface area contributed by atoms with E-state index < -0.39 is 20.2 Å². The van der Waals surface area contributed by atoms with Gasteiger partial charge in [-0.2, -0.15) is 0 Å². The normalized spacial score (nSPS) is 29.3. The number of carbonyl (C=O) groups is 1. The second-order valence-electron chi connectivity index (χ2n) is 8.05. The minimum Gasteiger partial charge on any atom is -0.413 e. The van der Waals surface area contributed by atoms with Crippen LogP contribution in [0.1, 0.15) is 41.0 Å². The Morgan fingerprint density at radius 2 is 1.95 bits per heavy atom. The Bertz CT molecular complexity index is 459. The molecule has 1 aliphatic carbocycles. The molecular formula is C16H28O4Si. The van der Waals surface area contributed by atoms with E-state index in [9.17, 15) is 4.79 Å². The van der Waals surface area contributed by atoms with Crippen LogP contribution in [0.25, 0.3) is 0 Å². The lowest BCUT2D eigenvalue weighted by atomic mass is 9.94. The van der Waals surface area contributed by atoms with Gasteiger partial charge in [0.2, 0.25) is 0 Å². The first-order valence-electron chi connectivity index (χ1n) is 7.64. The predicted octanol–water partition coefficient (Wildman–Crippen LogP) is 3.43. The molecule has 0 bridgehead atoms. The van der Waals surface area contributed by atoms with Gasteiger partial charge >= 0.3 is 0 Å². The van der Waals surface area contributed by atoms with Crippen molar-refractivity contribution >= 4 is 14.1 Å². The monoisotopic (exact) mass is 312 g/mol. The molecule has 0 aromatic heterocycles. The number of hydrogen-bond acceptors (Lipinski definition) is 4. The molecular weight excluding hydrogens is 284 g/mol. The lowest BCUT2D eigenvalue weighted by Gasteiger charge is -2.37. The summed E-state index contributed by atoms with van der Waals surface area (Å²) in [5, 5.41) is 0.170. The van der Waals surface area contributed by atoms with Crippen molar-refractivity contribution in [3.05, 3.63) is 11.6 Å². The SMILES string of the molecule is CC1(C)O[C@@H]2CC(CO[Si](C)(C)C(C)(C)C)=CC(=O)[C@@H]2O1. The van der Waals surface area contributed by atoms with E-state index >= 15 is 0 Å². The molecule has 1 saturated heterocycles. The summed E-state index contributed by atoms with van der Waals surface area (Å²) >= 11 is 0. The minimum absolute atomic E-state index is 0.00524. The van der Waals surface area contributed by atoms with Gasteiger partial charge in [0.15, 0.2) is 19.9 Å². The zero-order valence-corrected chi connectivity index (χ0v) is 15.3. The van der Waals surface area contributed by atoms with Crippen molar-refractivity contribution in [1.82, 2.24) is 0 Å². The highest BCUT2D eigenvalue weighted by Crippen LogP contribution is 2.38. The first-order valence-corrected chi connectivity index (χ1v) is 10.5. The van der Waals surface area contributed by atoms with Crippen LogP contribution in [0.15, 0.2) is 11.6 Å². The van der Waals surface area contributed by atoms with Crippen molar-refractivity contribution in [2.24, 2.45) is 0 Å². The number of carbonyl (C=O) groups excluding carboxylic acids is 1. The van der Waals surface area contributed by atoms with Gasteiger partial charge in [-0.3, -0.25) is 4.79 Å². The quantitative estimate of drug-likeness (QED) is 0.749. The number of rotatable bonds is 3. The van der Waals surface area contributed by atoms with Crippen LogP contribution in [0.4, 0.5) is 0 Å². The summed E-state index contributed by atoms with van der Waals surface area (Å²) in [7, 11) is -1.80. The number of fused-ring (bicyclic) bond motifs is 1. The first kappa shape index (κ1) is 16.9. The fraction of sp³-hybridized carbons (Fsp3) is 0.812. The van der Waals surface area contributed by atoms with E-state index in [1.54, 1.807) is 6.08 Å². The standard InChI is InChI=1S/C16H28O4Si/c1-15(2,3)21(6,7)18-10-11-8-12(17)14-13(9-11)19-16(4,5)20-14/h8,13-14H,9-10H2,1-7H3/t13-,14+/m1/s1. The smallest absolute Gasteiger partial charge is 0.192 e. The molecule has 5 heteroatoms. The van der Waals surface area contributed by atoms with Crippen molar-refractivity contribution in [3.63, 3.8) is 0 Å². The van der Waals surface area contributed by atoms with Gasteiger partial charge in [0.25, 0.3) is 0 Å². The van der Waals surface area contributed by atoms with Crippen molar-refractivity contribution in [2.75, 3.05) is 6.61 Å². The van der Waals surface area contributed by atoms with E-state index in [0.717, 1.165) is 5.57 Å². The van der Waals surface area contributed by atoms with Crippen LogP contribution in [0.3, 0.4) is 0 Å². The van der Waals surface area contributed by atoms with E-state index in [-0.39, 0.29) is 16.9 Å². The Hall–Kier alpha value is -0.493. The fourth-order valence-electron chi connectivity index (χ4n) is 2.42. The summed E-state index contributed by atoms with van der Waals surface area (Å²) in [5.41, 5.74) is 1.02. The van der Waals surface area contributed by atoms with Gasteiger partial charge < -0.3 is 13.9 Å². The molecule has 2 rings (SSSR count). The second kappa shape index (κ2) is 5.30. The summed E-state index contributed by atoms with van der Waals surface area (Å²) in [4.78, 5) is 12.2. The molecule has 0 spiro atoms. The summed E-state index contributed by atoms with van der Waals surface area (Å²) in [6, 6.07) is 0. The van der Waals surface area contributed by atoms with Crippen LogP contribution in [0, 0.1) is 0 Å². The fourth-order valence-corrected chi connectivity index (χ4v) is 3.40. The lowest BCUT2D eigenvalue weighted by molar-refractivity contribution is -0.152. The number of hydrogen-bond donors (Lipinski definition) is 0. The van der Waals surface area contributed by atoms with Crippen molar-refractivity contribution in [1.29, 1.82) is 0 Å². The van der Waals surface area contributed by atoms with Crippen LogP contribution < -0.4 is 0 Å². The summed E-state index contributed by atoms with van der Waals surface area (Å²) in [6.07, 6.45) is 1.79. The van der Waals surface area contributed by atoms with E-state index in [1.165, 1.54) is 0 Å². The predicted molar refractivity (Wildman–Crippen MR) is 84.7 cm³/mol. The molecule has 2 atom stereocenters. The average molecular weight is 312 g/mol. The van der Waals surface area contributed by atoms with Gasteiger partial charge in [-0.25, -0.2) is 0 Å². The molecule has 0 aromatic carbocycles. The number of ether oxygens (including phenoxy) is 2. The van der Waals surface area contributed by atoms with Crippen molar-refractivity contribution in [3.8, 4) is 0 Å². The highest BCUT2D eigenvalue weighted by molar-refractivity contribution is 6.74. The third-order valence-electron chi connectivity index (χ3n) is 4.70. The molecule has 0 radical (unpaired) electrons. The second-order valence-corrected chi connectivity index (χ2v) is 12.9. The summed E-state index contributed by atoms with van der Waals surface area (Å²) in [5.74, 6) is -0.667. The Morgan fingerprint density at radius 1 is 1.33 bits per heavy atom. The van der Waals surface area contributed by atoms with Crippen LogP contribution in [0.5, 0.6) is 0 Å². The van der Waals surface area contributed by atoms with Crippen molar-refractivity contribution in [2.45, 2.75) is 77.2 Å². The Balaban J connectivity index is 2.01. The third kappa shape index (κ3) is 3.64.